The first-order chi connectivity index (χ1) is 15.1. The lowest BCUT2D eigenvalue weighted by atomic mass is 9.79. The van der Waals surface area contributed by atoms with Crippen LogP contribution in [0.1, 0.15) is 136 Å². The molecule has 1 rings (SSSR count). The molecule has 0 amide bonds. The Morgan fingerprint density at radius 1 is 0.742 bits per heavy atom. The molecule has 182 valence electrons. The number of carbonyl (C=O) groups excluding carboxylic acids is 1. The summed E-state index contributed by atoms with van der Waals surface area (Å²) in [5.74, 6) is -1.16. The monoisotopic (exact) mass is 438 g/mol. The highest BCUT2D eigenvalue weighted by molar-refractivity contribution is 5.81. The van der Waals surface area contributed by atoms with Gasteiger partial charge in [0.15, 0.2) is 0 Å². The van der Waals surface area contributed by atoms with E-state index in [1.165, 1.54) is 83.5 Å². The van der Waals surface area contributed by atoms with Gasteiger partial charge in [0.2, 0.25) is 0 Å². The Balaban J connectivity index is 1.97. The Hall–Kier alpha value is -1.06. The first-order valence-electron chi connectivity index (χ1n) is 13.5. The van der Waals surface area contributed by atoms with Crippen LogP contribution in [0, 0.1) is 17.8 Å². The molecule has 3 unspecified atom stereocenters. The van der Waals surface area contributed by atoms with E-state index in [0.717, 1.165) is 31.6 Å². The van der Waals surface area contributed by atoms with Gasteiger partial charge in [-0.05, 0) is 25.2 Å². The second-order valence-corrected chi connectivity index (χ2v) is 9.77. The molecule has 1 N–H and O–H groups in total. The lowest BCUT2D eigenvalue weighted by Gasteiger charge is -2.26. The highest BCUT2D eigenvalue weighted by Crippen LogP contribution is 2.31. The highest BCUT2D eigenvalue weighted by atomic mass is 16.5. The second kappa shape index (κ2) is 18.5. The van der Waals surface area contributed by atoms with Crippen LogP contribution >= 0.6 is 0 Å². The van der Waals surface area contributed by atoms with Gasteiger partial charge in [0.25, 0.3) is 0 Å². The van der Waals surface area contributed by atoms with Gasteiger partial charge >= 0.3 is 11.9 Å². The van der Waals surface area contributed by atoms with E-state index in [4.69, 9.17) is 4.74 Å². The van der Waals surface area contributed by atoms with Gasteiger partial charge in [-0.1, -0.05) is 117 Å². The molecular weight excluding hydrogens is 388 g/mol. The summed E-state index contributed by atoms with van der Waals surface area (Å²) in [5, 5.41) is 9.29. The molecule has 1 aliphatic carbocycles. The van der Waals surface area contributed by atoms with E-state index in [9.17, 15) is 14.7 Å². The Bertz CT molecular complexity index is 462. The quantitative estimate of drug-likeness (QED) is 0.164. The minimum atomic E-state index is -0.848. The maximum absolute atomic E-state index is 12.2. The molecule has 0 spiro atoms. The maximum Gasteiger partial charge on any atom is 0.309 e. The van der Waals surface area contributed by atoms with Gasteiger partial charge in [-0.15, -0.1) is 0 Å². The molecule has 0 aromatic rings. The Kier molecular flexibility index (Phi) is 16.7. The average molecular weight is 439 g/mol. The zero-order valence-corrected chi connectivity index (χ0v) is 20.5. The number of ether oxygens (including phenoxy) is 1. The third-order valence-corrected chi connectivity index (χ3v) is 7.05. The second-order valence-electron chi connectivity index (χ2n) is 9.77. The summed E-state index contributed by atoms with van der Waals surface area (Å²) in [7, 11) is 0. The van der Waals surface area contributed by atoms with Crippen LogP contribution in [0.15, 0.2) is 0 Å². The zero-order valence-electron chi connectivity index (χ0n) is 20.5. The molecule has 0 aliphatic heterocycles. The smallest absolute Gasteiger partial charge is 0.309 e. The molecule has 3 atom stereocenters. The van der Waals surface area contributed by atoms with Crippen molar-refractivity contribution in [1.82, 2.24) is 0 Å². The number of unbranched alkanes of at least 4 members (excludes halogenated alkanes) is 9. The van der Waals surface area contributed by atoms with Crippen LogP contribution < -0.4 is 0 Å². The van der Waals surface area contributed by atoms with Crippen LogP contribution in [0.5, 0.6) is 0 Å². The number of carbonyl (C=O) groups is 2. The first kappa shape index (κ1) is 28.0. The van der Waals surface area contributed by atoms with Crippen molar-refractivity contribution in [1.29, 1.82) is 0 Å². The van der Waals surface area contributed by atoms with Gasteiger partial charge in [-0.3, -0.25) is 9.59 Å². The molecule has 4 nitrogen and oxygen atoms in total. The van der Waals surface area contributed by atoms with Crippen molar-refractivity contribution in [2.75, 3.05) is 6.61 Å². The Labute approximate surface area is 191 Å². The summed E-state index contributed by atoms with van der Waals surface area (Å²) >= 11 is 0. The maximum atomic E-state index is 12.2. The van der Waals surface area contributed by atoms with Crippen molar-refractivity contribution in [3.05, 3.63) is 0 Å². The molecule has 0 radical (unpaired) electrons. The predicted molar refractivity (Wildman–Crippen MR) is 128 cm³/mol. The van der Waals surface area contributed by atoms with E-state index >= 15 is 0 Å². The number of rotatable bonds is 19. The number of aliphatic carboxylic acids is 1. The van der Waals surface area contributed by atoms with Gasteiger partial charge < -0.3 is 9.84 Å². The lowest BCUT2D eigenvalue weighted by molar-refractivity contribution is -0.159. The number of carboxylic acid groups (broad SMARTS) is 1. The molecular formula is C27H50O4. The molecule has 1 aliphatic rings. The molecule has 0 aromatic heterocycles. The number of hydrogen-bond donors (Lipinski definition) is 1. The number of esters is 1. The predicted octanol–water partition coefficient (Wildman–Crippen LogP) is 7.93. The SMILES string of the molecule is CCCCCC(CCC)CCCCCCCCCCOC(=O)C1CCCCC1C(=O)O. The Morgan fingerprint density at radius 2 is 1.29 bits per heavy atom. The molecule has 1 saturated carbocycles. The first-order valence-corrected chi connectivity index (χ1v) is 13.5. The van der Waals surface area contributed by atoms with Crippen LogP contribution in [0.3, 0.4) is 0 Å². The topological polar surface area (TPSA) is 63.6 Å². The van der Waals surface area contributed by atoms with Gasteiger partial charge in [0, 0.05) is 0 Å². The van der Waals surface area contributed by atoms with E-state index in [2.05, 4.69) is 13.8 Å². The summed E-state index contributed by atoms with van der Waals surface area (Å²) in [6.07, 6.45) is 22.7. The molecule has 0 saturated heterocycles. The zero-order chi connectivity index (χ0) is 22.7. The molecule has 31 heavy (non-hydrogen) atoms. The van der Waals surface area contributed by atoms with Gasteiger partial charge in [-0.25, -0.2) is 0 Å². The van der Waals surface area contributed by atoms with Gasteiger partial charge in [0.05, 0.1) is 18.4 Å². The highest BCUT2D eigenvalue weighted by Gasteiger charge is 2.36. The van der Waals surface area contributed by atoms with E-state index in [0.29, 0.717) is 19.4 Å². The molecule has 1 fully saturated rings. The molecule has 0 bridgehead atoms. The summed E-state index contributed by atoms with van der Waals surface area (Å²) in [4.78, 5) is 23.5. The van der Waals surface area contributed by atoms with E-state index in [1.54, 1.807) is 0 Å². The lowest BCUT2D eigenvalue weighted by Crippen LogP contribution is -2.33. The fraction of sp³-hybridized carbons (Fsp3) is 0.926. The number of carboxylic acids is 1. The Morgan fingerprint density at radius 3 is 1.87 bits per heavy atom. The van der Waals surface area contributed by atoms with Crippen LogP contribution in [-0.4, -0.2) is 23.7 Å². The third-order valence-electron chi connectivity index (χ3n) is 7.05. The summed E-state index contributed by atoms with van der Waals surface area (Å²) < 4.78 is 5.40. The third kappa shape index (κ3) is 13.2. The van der Waals surface area contributed by atoms with Crippen molar-refractivity contribution in [3.63, 3.8) is 0 Å². The van der Waals surface area contributed by atoms with E-state index in [1.807, 2.05) is 0 Å². The van der Waals surface area contributed by atoms with E-state index < -0.39 is 17.8 Å². The molecule has 0 heterocycles. The largest absolute Gasteiger partial charge is 0.481 e. The van der Waals surface area contributed by atoms with Crippen molar-refractivity contribution in [2.45, 2.75) is 136 Å². The fourth-order valence-electron chi connectivity index (χ4n) is 5.11. The minimum absolute atomic E-state index is 0.289. The number of hydrogen-bond acceptors (Lipinski definition) is 3. The fourth-order valence-corrected chi connectivity index (χ4v) is 5.11. The standard InChI is InChI=1S/C27H50O4/c1-3-5-12-18-23(17-4-2)19-13-10-8-6-7-9-11-16-22-31-27(30)25-21-15-14-20-24(25)26(28)29/h23-25H,3-22H2,1-2H3,(H,28,29). The van der Waals surface area contributed by atoms with Crippen molar-refractivity contribution in [3.8, 4) is 0 Å². The summed E-state index contributed by atoms with van der Waals surface area (Å²) in [5.41, 5.74) is 0. The molecule has 4 heteroatoms. The van der Waals surface area contributed by atoms with Crippen LogP contribution in [0.25, 0.3) is 0 Å². The van der Waals surface area contributed by atoms with Gasteiger partial charge in [-0.2, -0.15) is 0 Å². The van der Waals surface area contributed by atoms with Crippen LogP contribution in [-0.2, 0) is 14.3 Å². The normalized spacial score (nSPS) is 19.8. The van der Waals surface area contributed by atoms with Crippen LogP contribution in [0.2, 0.25) is 0 Å². The summed E-state index contributed by atoms with van der Waals surface area (Å²) in [6.45, 7) is 5.05. The van der Waals surface area contributed by atoms with Crippen molar-refractivity contribution >= 4 is 11.9 Å². The van der Waals surface area contributed by atoms with Crippen molar-refractivity contribution in [2.24, 2.45) is 17.8 Å². The van der Waals surface area contributed by atoms with Crippen molar-refractivity contribution < 1.29 is 19.4 Å². The average Bonchev–Trinajstić information content (AvgIpc) is 2.77. The van der Waals surface area contributed by atoms with Crippen LogP contribution in [0.4, 0.5) is 0 Å². The molecule has 0 aromatic carbocycles. The van der Waals surface area contributed by atoms with E-state index in [-0.39, 0.29) is 5.97 Å². The minimum Gasteiger partial charge on any atom is -0.481 e. The van der Waals surface area contributed by atoms with Gasteiger partial charge in [0.1, 0.15) is 0 Å². The summed E-state index contributed by atoms with van der Waals surface area (Å²) in [6, 6.07) is 0.